The van der Waals surface area contributed by atoms with Gasteiger partial charge < -0.3 is 5.32 Å². The zero-order chi connectivity index (χ0) is 11.3. The second-order valence-electron chi connectivity index (χ2n) is 4.43. The van der Waals surface area contributed by atoms with E-state index in [0.29, 0.717) is 12.0 Å². The van der Waals surface area contributed by atoms with Gasteiger partial charge in [-0.1, -0.05) is 25.6 Å². The summed E-state index contributed by atoms with van der Waals surface area (Å²) < 4.78 is 0. The molecule has 1 fully saturated rings. The molecule has 0 aromatic carbocycles. The SMILES string of the molecule is CSCC(C)CN=C1NC(C)C(C)CS1. The van der Waals surface area contributed by atoms with E-state index in [4.69, 9.17) is 0 Å². The molecule has 1 rings (SSSR count). The largest absolute Gasteiger partial charge is 0.362 e. The van der Waals surface area contributed by atoms with Gasteiger partial charge in [-0.15, -0.1) is 0 Å². The highest BCUT2D eigenvalue weighted by atomic mass is 32.2. The monoisotopic (exact) mass is 246 g/mol. The highest BCUT2D eigenvalue weighted by Crippen LogP contribution is 2.19. The Morgan fingerprint density at radius 1 is 1.60 bits per heavy atom. The van der Waals surface area contributed by atoms with Crippen molar-refractivity contribution in [1.82, 2.24) is 5.32 Å². The van der Waals surface area contributed by atoms with E-state index in [1.807, 2.05) is 23.5 Å². The number of nitrogens with one attached hydrogen (secondary N) is 1. The average Bonchev–Trinajstić information content (AvgIpc) is 2.20. The lowest BCUT2D eigenvalue weighted by molar-refractivity contribution is 0.489. The minimum Gasteiger partial charge on any atom is -0.362 e. The van der Waals surface area contributed by atoms with Crippen LogP contribution in [0.1, 0.15) is 20.8 Å². The van der Waals surface area contributed by atoms with Crippen LogP contribution in [0.3, 0.4) is 0 Å². The summed E-state index contributed by atoms with van der Waals surface area (Å²) in [6.45, 7) is 7.75. The first-order valence-corrected chi connectivity index (χ1v) is 7.94. The Labute approximate surface area is 102 Å². The summed E-state index contributed by atoms with van der Waals surface area (Å²) in [5.74, 6) is 3.83. The highest BCUT2D eigenvalue weighted by Gasteiger charge is 2.20. The van der Waals surface area contributed by atoms with E-state index in [0.717, 1.165) is 17.6 Å². The number of rotatable bonds is 4. The van der Waals surface area contributed by atoms with Gasteiger partial charge in [0.2, 0.25) is 0 Å². The molecule has 0 aliphatic carbocycles. The first kappa shape index (κ1) is 13.2. The van der Waals surface area contributed by atoms with Crippen LogP contribution in [0, 0.1) is 11.8 Å². The Bertz CT molecular complexity index is 219. The Balaban J connectivity index is 2.34. The van der Waals surface area contributed by atoms with Gasteiger partial charge in [-0.3, -0.25) is 4.99 Å². The Kier molecular flexibility index (Phi) is 5.90. The number of thioether (sulfide) groups is 2. The Morgan fingerprint density at radius 2 is 2.33 bits per heavy atom. The quantitative estimate of drug-likeness (QED) is 0.825. The van der Waals surface area contributed by atoms with Crippen LogP contribution in [0.2, 0.25) is 0 Å². The normalized spacial score (nSPS) is 31.3. The van der Waals surface area contributed by atoms with Crippen molar-refractivity contribution in [2.75, 3.05) is 24.3 Å². The standard InChI is InChI=1S/C11H22N2S2/c1-8(6-14-4)5-12-11-13-10(3)9(2)7-15-11/h8-10H,5-7H2,1-4H3,(H,12,13). The van der Waals surface area contributed by atoms with Gasteiger partial charge in [-0.25, -0.2) is 0 Å². The molecule has 15 heavy (non-hydrogen) atoms. The van der Waals surface area contributed by atoms with Gasteiger partial charge in [-0.05, 0) is 30.8 Å². The molecule has 1 aliphatic heterocycles. The van der Waals surface area contributed by atoms with Gasteiger partial charge in [0.05, 0.1) is 0 Å². The first-order chi connectivity index (χ1) is 7.13. The van der Waals surface area contributed by atoms with Crippen molar-refractivity contribution >= 4 is 28.7 Å². The second-order valence-corrected chi connectivity index (χ2v) is 6.35. The van der Waals surface area contributed by atoms with Gasteiger partial charge in [0.25, 0.3) is 0 Å². The molecule has 0 aromatic rings. The average molecular weight is 246 g/mol. The first-order valence-electron chi connectivity index (χ1n) is 5.56. The van der Waals surface area contributed by atoms with Gasteiger partial charge in [0, 0.05) is 18.3 Å². The maximum Gasteiger partial charge on any atom is 0.156 e. The van der Waals surface area contributed by atoms with Crippen molar-refractivity contribution in [2.24, 2.45) is 16.8 Å². The molecular formula is C11H22N2S2. The fourth-order valence-electron chi connectivity index (χ4n) is 1.40. The molecule has 1 aliphatic rings. The van der Waals surface area contributed by atoms with Crippen molar-refractivity contribution < 1.29 is 0 Å². The van der Waals surface area contributed by atoms with Crippen molar-refractivity contribution in [1.29, 1.82) is 0 Å². The summed E-state index contributed by atoms with van der Waals surface area (Å²) in [6, 6.07) is 0.570. The maximum absolute atomic E-state index is 4.64. The Hall–Kier alpha value is 0.170. The van der Waals surface area contributed by atoms with Crippen LogP contribution in [0.4, 0.5) is 0 Å². The molecule has 0 radical (unpaired) electrons. The number of amidine groups is 1. The predicted molar refractivity (Wildman–Crippen MR) is 74.1 cm³/mol. The molecule has 0 amide bonds. The van der Waals surface area contributed by atoms with E-state index >= 15 is 0 Å². The molecule has 1 saturated heterocycles. The van der Waals surface area contributed by atoms with Gasteiger partial charge in [-0.2, -0.15) is 11.8 Å². The van der Waals surface area contributed by atoms with Crippen molar-refractivity contribution in [3.63, 3.8) is 0 Å². The van der Waals surface area contributed by atoms with Crippen molar-refractivity contribution in [3.05, 3.63) is 0 Å². The number of nitrogens with zero attached hydrogens (tertiary/aromatic N) is 1. The molecule has 0 aromatic heterocycles. The lowest BCUT2D eigenvalue weighted by Gasteiger charge is -2.28. The molecule has 3 atom stereocenters. The van der Waals surface area contributed by atoms with Crippen molar-refractivity contribution in [2.45, 2.75) is 26.8 Å². The van der Waals surface area contributed by atoms with Crippen LogP contribution >= 0.6 is 23.5 Å². The molecule has 4 heteroatoms. The summed E-state index contributed by atoms with van der Waals surface area (Å²) in [6.07, 6.45) is 2.15. The third-order valence-corrected chi connectivity index (χ3v) is 4.80. The summed E-state index contributed by atoms with van der Waals surface area (Å²) in [7, 11) is 0. The topological polar surface area (TPSA) is 24.4 Å². The Morgan fingerprint density at radius 3 is 2.93 bits per heavy atom. The van der Waals surface area contributed by atoms with Gasteiger partial charge >= 0.3 is 0 Å². The lowest BCUT2D eigenvalue weighted by atomic mass is 10.1. The molecule has 88 valence electrons. The molecule has 3 unspecified atom stereocenters. The smallest absolute Gasteiger partial charge is 0.156 e. The van der Waals surface area contributed by atoms with Crippen molar-refractivity contribution in [3.8, 4) is 0 Å². The molecular weight excluding hydrogens is 224 g/mol. The second kappa shape index (κ2) is 6.69. The van der Waals surface area contributed by atoms with Gasteiger partial charge in [0.15, 0.2) is 5.17 Å². The van der Waals surface area contributed by atoms with E-state index < -0.39 is 0 Å². The molecule has 1 N–H and O–H groups in total. The predicted octanol–water partition coefficient (Wildman–Crippen LogP) is 2.70. The van der Waals surface area contributed by atoms with E-state index in [1.54, 1.807) is 0 Å². The maximum atomic E-state index is 4.64. The van der Waals surface area contributed by atoms with E-state index in [2.05, 4.69) is 37.3 Å². The number of hydrogen-bond donors (Lipinski definition) is 1. The van der Waals surface area contributed by atoms with Gasteiger partial charge in [0.1, 0.15) is 0 Å². The number of aliphatic imine (C=N–C) groups is 1. The van der Waals surface area contributed by atoms with E-state index in [1.165, 1.54) is 11.5 Å². The molecule has 0 bridgehead atoms. The van der Waals surface area contributed by atoms with E-state index in [9.17, 15) is 0 Å². The fraction of sp³-hybridized carbons (Fsp3) is 0.909. The van der Waals surface area contributed by atoms with Crippen LogP contribution in [-0.4, -0.2) is 35.5 Å². The van der Waals surface area contributed by atoms with Crippen LogP contribution in [0.15, 0.2) is 4.99 Å². The van der Waals surface area contributed by atoms with Crippen LogP contribution in [-0.2, 0) is 0 Å². The molecule has 1 heterocycles. The third-order valence-electron chi connectivity index (χ3n) is 2.69. The highest BCUT2D eigenvalue weighted by molar-refractivity contribution is 8.13. The minimum absolute atomic E-state index is 0.570. The van der Waals surface area contributed by atoms with Crippen LogP contribution < -0.4 is 5.32 Å². The molecule has 0 saturated carbocycles. The van der Waals surface area contributed by atoms with Crippen LogP contribution in [0.5, 0.6) is 0 Å². The summed E-state index contributed by atoms with van der Waals surface area (Å²) in [5, 5.41) is 4.62. The zero-order valence-electron chi connectivity index (χ0n) is 10.1. The summed E-state index contributed by atoms with van der Waals surface area (Å²) in [5.41, 5.74) is 0. The number of hydrogen-bond acceptors (Lipinski definition) is 3. The van der Waals surface area contributed by atoms with E-state index in [-0.39, 0.29) is 0 Å². The zero-order valence-corrected chi connectivity index (χ0v) is 11.8. The molecule has 2 nitrogen and oxygen atoms in total. The fourth-order valence-corrected chi connectivity index (χ4v) is 3.22. The minimum atomic E-state index is 0.570. The molecule has 0 spiro atoms. The summed E-state index contributed by atoms with van der Waals surface area (Å²) >= 11 is 3.77. The summed E-state index contributed by atoms with van der Waals surface area (Å²) in [4.78, 5) is 4.64. The lowest BCUT2D eigenvalue weighted by Crippen LogP contribution is -2.41. The third kappa shape index (κ3) is 4.68. The van der Waals surface area contributed by atoms with Crippen LogP contribution in [0.25, 0.3) is 0 Å².